The molecule has 0 N–H and O–H groups in total. The number of nitrogens with zero attached hydrogens (tertiary/aromatic N) is 3. The number of hydrogen-bond donors (Lipinski definition) is 0. The molecule has 2 aromatic heterocycles. The lowest BCUT2D eigenvalue weighted by molar-refractivity contribution is 0.517. The van der Waals surface area contributed by atoms with Gasteiger partial charge in [0.25, 0.3) is 5.56 Å². The topological polar surface area (TPSA) is 70.0 Å². The van der Waals surface area contributed by atoms with Crippen LogP contribution in [0.1, 0.15) is 36.9 Å². The van der Waals surface area contributed by atoms with E-state index in [1.807, 2.05) is 58.0 Å². The molecule has 0 unspecified atom stereocenters. The fraction of sp³-hybridized carbons (Fsp3) is 0.261. The lowest BCUT2D eigenvalue weighted by Crippen LogP contribution is -2.41. The highest BCUT2D eigenvalue weighted by molar-refractivity contribution is 5.78. The second kappa shape index (κ2) is 7.20. The number of aryl methyl sites for hydroxylation is 2. The molecule has 0 saturated heterocycles. The minimum absolute atomic E-state index is 0.230. The Labute approximate surface area is 168 Å². The number of fused-ring (bicyclic) bond motifs is 1. The van der Waals surface area contributed by atoms with Crippen LogP contribution in [0.4, 0.5) is 0 Å². The number of benzene rings is 2. The first-order chi connectivity index (χ1) is 13.9. The Hall–Kier alpha value is -3.41. The van der Waals surface area contributed by atoms with Crippen LogP contribution in [0.2, 0.25) is 0 Å². The first-order valence-electron chi connectivity index (χ1n) is 9.64. The molecule has 148 valence electrons. The molecule has 2 heterocycles. The first-order valence-corrected chi connectivity index (χ1v) is 9.64. The van der Waals surface area contributed by atoms with Crippen LogP contribution >= 0.6 is 0 Å². The van der Waals surface area contributed by atoms with Crippen molar-refractivity contribution in [3.63, 3.8) is 0 Å². The van der Waals surface area contributed by atoms with Gasteiger partial charge in [0.1, 0.15) is 11.5 Å². The number of hydrogen-bond acceptors (Lipinski definition) is 4. The molecule has 29 heavy (non-hydrogen) atoms. The maximum absolute atomic E-state index is 13.1. The van der Waals surface area contributed by atoms with Crippen LogP contribution in [-0.4, -0.2) is 14.1 Å². The van der Waals surface area contributed by atoms with E-state index < -0.39 is 0 Å². The van der Waals surface area contributed by atoms with Crippen molar-refractivity contribution in [2.24, 2.45) is 0 Å². The van der Waals surface area contributed by atoms with Crippen LogP contribution in [0.15, 0.2) is 62.5 Å². The van der Waals surface area contributed by atoms with Gasteiger partial charge in [0.2, 0.25) is 5.89 Å². The van der Waals surface area contributed by atoms with Crippen LogP contribution in [0.25, 0.3) is 22.4 Å². The molecular weight excluding hydrogens is 366 g/mol. The van der Waals surface area contributed by atoms with Crippen molar-refractivity contribution in [1.82, 2.24) is 14.1 Å². The molecule has 4 aromatic rings. The molecule has 6 nitrogen and oxygen atoms in total. The third-order valence-electron chi connectivity index (χ3n) is 5.06. The molecule has 4 rings (SSSR count). The van der Waals surface area contributed by atoms with Crippen molar-refractivity contribution >= 4 is 10.9 Å². The molecular formula is C23H23N3O3. The average molecular weight is 389 g/mol. The van der Waals surface area contributed by atoms with Crippen molar-refractivity contribution < 1.29 is 4.42 Å². The fourth-order valence-electron chi connectivity index (χ4n) is 3.57. The second-order valence-electron chi connectivity index (χ2n) is 7.55. The zero-order valence-corrected chi connectivity index (χ0v) is 17.0. The van der Waals surface area contributed by atoms with Gasteiger partial charge >= 0.3 is 5.69 Å². The summed E-state index contributed by atoms with van der Waals surface area (Å²) in [5, 5.41) is 0.515. The Morgan fingerprint density at radius 3 is 2.52 bits per heavy atom. The van der Waals surface area contributed by atoms with E-state index in [0.717, 1.165) is 11.1 Å². The van der Waals surface area contributed by atoms with Gasteiger partial charge in [-0.2, -0.15) is 0 Å². The maximum atomic E-state index is 13.1. The molecule has 0 amide bonds. The van der Waals surface area contributed by atoms with Crippen molar-refractivity contribution in [3.05, 3.63) is 86.4 Å². The molecule has 0 radical (unpaired) electrons. The highest BCUT2D eigenvalue weighted by Gasteiger charge is 2.18. The van der Waals surface area contributed by atoms with Crippen LogP contribution in [0, 0.1) is 13.8 Å². The van der Waals surface area contributed by atoms with Gasteiger partial charge in [0, 0.05) is 11.6 Å². The molecule has 6 heteroatoms. The van der Waals surface area contributed by atoms with Gasteiger partial charge in [-0.15, -0.1) is 0 Å². The molecule has 0 aliphatic carbocycles. The summed E-state index contributed by atoms with van der Waals surface area (Å²) in [5.41, 5.74) is 2.66. The minimum Gasteiger partial charge on any atom is -0.441 e. The van der Waals surface area contributed by atoms with Gasteiger partial charge < -0.3 is 4.42 Å². The predicted octanol–water partition coefficient (Wildman–Crippen LogP) is 4.06. The lowest BCUT2D eigenvalue weighted by Gasteiger charge is -2.15. The zero-order valence-electron chi connectivity index (χ0n) is 17.0. The summed E-state index contributed by atoms with van der Waals surface area (Å²) in [6, 6.07) is 14.9. The summed E-state index contributed by atoms with van der Waals surface area (Å²) >= 11 is 0. The molecule has 0 aliphatic rings. The number of para-hydroxylation sites is 1. The first kappa shape index (κ1) is 18.9. The van der Waals surface area contributed by atoms with Gasteiger partial charge in [0.15, 0.2) is 0 Å². The predicted molar refractivity (Wildman–Crippen MR) is 113 cm³/mol. The van der Waals surface area contributed by atoms with Crippen molar-refractivity contribution in [2.75, 3.05) is 0 Å². The van der Waals surface area contributed by atoms with Crippen molar-refractivity contribution in [2.45, 2.75) is 40.3 Å². The van der Waals surface area contributed by atoms with Gasteiger partial charge in [-0.05, 0) is 52.0 Å². The molecule has 2 aromatic carbocycles. The summed E-state index contributed by atoms with van der Waals surface area (Å²) in [6.45, 7) is 7.75. The average Bonchev–Trinajstić information content (AvgIpc) is 3.05. The molecule has 0 fully saturated rings. The highest BCUT2D eigenvalue weighted by atomic mass is 16.4. The maximum Gasteiger partial charge on any atom is 0.332 e. The zero-order chi connectivity index (χ0) is 20.7. The Bertz CT molecular complexity index is 1330. The van der Waals surface area contributed by atoms with Crippen molar-refractivity contribution in [1.29, 1.82) is 0 Å². The Balaban J connectivity index is 1.87. The third kappa shape index (κ3) is 3.31. The number of aromatic nitrogens is 3. The molecule has 0 bridgehead atoms. The second-order valence-corrected chi connectivity index (χ2v) is 7.55. The number of rotatable bonds is 4. The molecule has 0 atom stereocenters. The van der Waals surface area contributed by atoms with Gasteiger partial charge in [-0.3, -0.25) is 13.9 Å². The Morgan fingerprint density at radius 2 is 1.79 bits per heavy atom. The molecule has 0 spiro atoms. The fourth-order valence-corrected chi connectivity index (χ4v) is 3.57. The van der Waals surface area contributed by atoms with Crippen LogP contribution in [-0.2, 0) is 6.54 Å². The van der Waals surface area contributed by atoms with E-state index in [1.165, 1.54) is 4.57 Å². The van der Waals surface area contributed by atoms with E-state index in [0.29, 0.717) is 28.2 Å². The van der Waals surface area contributed by atoms with E-state index in [9.17, 15) is 9.59 Å². The Kier molecular flexibility index (Phi) is 4.70. The lowest BCUT2D eigenvalue weighted by atomic mass is 10.1. The van der Waals surface area contributed by atoms with Crippen molar-refractivity contribution in [3.8, 4) is 11.5 Å². The van der Waals surface area contributed by atoms with E-state index in [1.54, 1.807) is 22.8 Å². The SMILES string of the molecule is Cc1cccc(-c2nc(Cn3c(=O)n(C(C)C)c(=O)c4ccccc43)c(C)o2)c1. The van der Waals surface area contributed by atoms with E-state index in [-0.39, 0.29) is 23.8 Å². The van der Waals surface area contributed by atoms with Crippen LogP contribution < -0.4 is 11.2 Å². The summed E-state index contributed by atoms with van der Waals surface area (Å²) in [6.07, 6.45) is 0. The van der Waals surface area contributed by atoms with Gasteiger partial charge in [0.05, 0.1) is 17.4 Å². The van der Waals surface area contributed by atoms with Crippen LogP contribution in [0.5, 0.6) is 0 Å². The summed E-state index contributed by atoms with van der Waals surface area (Å²) < 4.78 is 8.78. The van der Waals surface area contributed by atoms with Gasteiger partial charge in [-0.25, -0.2) is 9.78 Å². The quantitative estimate of drug-likeness (QED) is 0.528. The smallest absolute Gasteiger partial charge is 0.332 e. The van der Waals surface area contributed by atoms with Gasteiger partial charge in [-0.1, -0.05) is 29.8 Å². The number of oxazole rings is 1. The monoisotopic (exact) mass is 389 g/mol. The largest absolute Gasteiger partial charge is 0.441 e. The molecule has 0 aliphatic heterocycles. The highest BCUT2D eigenvalue weighted by Crippen LogP contribution is 2.23. The summed E-state index contributed by atoms with van der Waals surface area (Å²) in [7, 11) is 0. The summed E-state index contributed by atoms with van der Waals surface area (Å²) in [4.78, 5) is 30.6. The standard InChI is InChI=1S/C23H23N3O3/c1-14(2)26-22(27)18-10-5-6-11-20(18)25(23(26)28)13-19-16(4)29-21(24-19)17-9-7-8-15(3)12-17/h5-12,14H,13H2,1-4H3. The Morgan fingerprint density at radius 1 is 1.03 bits per heavy atom. The molecule has 0 saturated carbocycles. The summed E-state index contributed by atoms with van der Waals surface area (Å²) in [5.74, 6) is 1.18. The third-order valence-corrected chi connectivity index (χ3v) is 5.06. The normalized spacial score (nSPS) is 11.5. The van der Waals surface area contributed by atoms with Crippen LogP contribution in [0.3, 0.4) is 0 Å². The van der Waals surface area contributed by atoms with E-state index >= 15 is 0 Å². The van der Waals surface area contributed by atoms with E-state index in [2.05, 4.69) is 4.98 Å². The minimum atomic E-state index is -0.344. The van der Waals surface area contributed by atoms with E-state index in [4.69, 9.17) is 4.42 Å².